The van der Waals surface area contributed by atoms with Gasteiger partial charge in [0.25, 0.3) is 0 Å². The van der Waals surface area contributed by atoms with Crippen molar-refractivity contribution < 1.29 is 13.2 Å². The van der Waals surface area contributed by atoms with Gasteiger partial charge in [0.1, 0.15) is 6.04 Å². The predicted octanol–water partition coefficient (Wildman–Crippen LogP) is 2.27. The number of unbranched alkanes of at least 4 members (excludes halogenated alkanes) is 1. The standard InChI is InChI=1S/C14H27F3N4S/c1-12(14(15,16)17)20-7-9-21(10-8-20)13(18-2)19-6-4-5-11-22-3/h12H,4-11H2,1-3H3,(H,18,19). The zero-order valence-corrected chi connectivity index (χ0v) is 14.4. The van der Waals surface area contributed by atoms with Gasteiger partial charge >= 0.3 is 6.18 Å². The Morgan fingerprint density at radius 2 is 1.86 bits per heavy atom. The minimum absolute atomic E-state index is 0.411. The van der Waals surface area contributed by atoms with E-state index in [9.17, 15) is 13.2 Å². The van der Waals surface area contributed by atoms with Gasteiger partial charge in [-0.15, -0.1) is 0 Å². The van der Waals surface area contributed by atoms with E-state index < -0.39 is 12.2 Å². The van der Waals surface area contributed by atoms with Crippen LogP contribution in [0.1, 0.15) is 19.8 Å². The van der Waals surface area contributed by atoms with E-state index in [1.54, 1.807) is 7.05 Å². The molecule has 0 amide bonds. The number of nitrogens with one attached hydrogen (secondary N) is 1. The first kappa shape index (κ1) is 19.4. The highest BCUT2D eigenvalue weighted by atomic mass is 32.2. The van der Waals surface area contributed by atoms with Crippen LogP contribution in [0.3, 0.4) is 0 Å². The van der Waals surface area contributed by atoms with Crippen molar-refractivity contribution in [1.29, 1.82) is 0 Å². The molecule has 1 rings (SSSR count). The van der Waals surface area contributed by atoms with Crippen LogP contribution in [-0.4, -0.2) is 79.8 Å². The van der Waals surface area contributed by atoms with Gasteiger partial charge < -0.3 is 10.2 Å². The molecule has 0 radical (unpaired) electrons. The van der Waals surface area contributed by atoms with Gasteiger partial charge in [0, 0.05) is 39.8 Å². The maximum absolute atomic E-state index is 12.7. The van der Waals surface area contributed by atoms with Crippen LogP contribution in [0.5, 0.6) is 0 Å². The van der Waals surface area contributed by atoms with Gasteiger partial charge in [0.15, 0.2) is 5.96 Å². The number of guanidine groups is 1. The molecule has 0 spiro atoms. The van der Waals surface area contributed by atoms with Crippen LogP contribution in [0.15, 0.2) is 4.99 Å². The summed E-state index contributed by atoms with van der Waals surface area (Å²) in [4.78, 5) is 7.76. The monoisotopic (exact) mass is 340 g/mol. The largest absolute Gasteiger partial charge is 0.403 e. The molecule has 1 heterocycles. The zero-order chi connectivity index (χ0) is 16.6. The van der Waals surface area contributed by atoms with Crippen LogP contribution in [0, 0.1) is 0 Å². The van der Waals surface area contributed by atoms with E-state index in [2.05, 4.69) is 16.6 Å². The number of hydrogen-bond donors (Lipinski definition) is 1. The van der Waals surface area contributed by atoms with Crippen molar-refractivity contribution in [1.82, 2.24) is 15.1 Å². The Labute approximate surface area is 135 Å². The molecule has 0 saturated carbocycles. The maximum Gasteiger partial charge on any atom is 0.403 e. The summed E-state index contributed by atoms with van der Waals surface area (Å²) in [5.74, 6) is 1.94. The van der Waals surface area contributed by atoms with E-state index in [1.165, 1.54) is 11.8 Å². The van der Waals surface area contributed by atoms with Crippen LogP contribution in [0.4, 0.5) is 13.2 Å². The number of alkyl halides is 3. The Bertz CT molecular complexity index is 341. The Morgan fingerprint density at radius 3 is 2.36 bits per heavy atom. The number of halogens is 3. The number of rotatable bonds is 6. The molecule has 1 aliphatic heterocycles. The third-order valence-electron chi connectivity index (χ3n) is 3.91. The van der Waals surface area contributed by atoms with E-state index in [0.717, 1.165) is 31.1 Å². The van der Waals surface area contributed by atoms with Gasteiger partial charge in [-0.2, -0.15) is 24.9 Å². The van der Waals surface area contributed by atoms with Crippen LogP contribution in [0.2, 0.25) is 0 Å². The van der Waals surface area contributed by atoms with Crippen molar-refractivity contribution >= 4 is 17.7 Å². The summed E-state index contributed by atoms with van der Waals surface area (Å²) in [7, 11) is 1.72. The normalized spacial score (nSPS) is 19.4. The van der Waals surface area contributed by atoms with Gasteiger partial charge in [-0.1, -0.05) is 0 Å². The van der Waals surface area contributed by atoms with Crippen molar-refractivity contribution in [2.45, 2.75) is 32.0 Å². The van der Waals surface area contributed by atoms with Gasteiger partial charge in [0.05, 0.1) is 0 Å². The molecule has 1 aliphatic rings. The second kappa shape index (κ2) is 9.50. The first-order valence-corrected chi connectivity index (χ1v) is 9.04. The average molecular weight is 340 g/mol. The van der Waals surface area contributed by atoms with Gasteiger partial charge in [-0.25, -0.2) is 0 Å². The lowest BCUT2D eigenvalue weighted by Crippen LogP contribution is -2.56. The summed E-state index contributed by atoms with van der Waals surface area (Å²) in [5, 5.41) is 3.30. The molecule has 0 aromatic heterocycles. The Balaban J connectivity index is 2.35. The second-order valence-corrected chi connectivity index (χ2v) is 6.40. The Kier molecular flexibility index (Phi) is 8.38. The highest BCUT2D eigenvalue weighted by Gasteiger charge is 2.40. The van der Waals surface area contributed by atoms with Crippen LogP contribution in [-0.2, 0) is 0 Å². The highest BCUT2D eigenvalue weighted by Crippen LogP contribution is 2.25. The summed E-state index contributed by atoms with van der Waals surface area (Å²) in [6.45, 7) is 4.05. The van der Waals surface area contributed by atoms with Crippen LogP contribution < -0.4 is 5.32 Å². The molecule has 0 aromatic rings. The Morgan fingerprint density at radius 1 is 1.23 bits per heavy atom. The lowest BCUT2D eigenvalue weighted by molar-refractivity contribution is -0.181. The third kappa shape index (κ3) is 6.24. The summed E-state index contributed by atoms with van der Waals surface area (Å²) in [5.41, 5.74) is 0. The molecule has 1 unspecified atom stereocenters. The second-order valence-electron chi connectivity index (χ2n) is 5.41. The van der Waals surface area contributed by atoms with Gasteiger partial charge in [-0.05, 0) is 31.8 Å². The van der Waals surface area contributed by atoms with E-state index in [-0.39, 0.29) is 0 Å². The molecule has 4 nitrogen and oxygen atoms in total. The molecule has 130 valence electrons. The van der Waals surface area contributed by atoms with Crippen molar-refractivity contribution in [3.8, 4) is 0 Å². The molecule has 0 aliphatic carbocycles. The van der Waals surface area contributed by atoms with E-state index in [4.69, 9.17) is 0 Å². The summed E-state index contributed by atoms with van der Waals surface area (Å²) in [6, 6.07) is -1.38. The number of hydrogen-bond acceptors (Lipinski definition) is 3. The van der Waals surface area contributed by atoms with E-state index in [1.807, 2.05) is 16.7 Å². The minimum atomic E-state index is -4.15. The first-order valence-electron chi connectivity index (χ1n) is 7.65. The number of piperazine rings is 1. The molecule has 1 atom stereocenters. The fourth-order valence-corrected chi connectivity index (χ4v) is 2.92. The molecule has 22 heavy (non-hydrogen) atoms. The SMILES string of the molecule is CN=C(NCCCCSC)N1CCN(C(C)C(F)(F)F)CC1. The average Bonchev–Trinajstić information content (AvgIpc) is 2.49. The summed E-state index contributed by atoms with van der Waals surface area (Å²) in [6.07, 6.45) is 0.167. The predicted molar refractivity (Wildman–Crippen MR) is 87.6 cm³/mol. The van der Waals surface area contributed by atoms with Crippen molar-refractivity contribution in [2.24, 2.45) is 4.99 Å². The highest BCUT2D eigenvalue weighted by molar-refractivity contribution is 7.98. The zero-order valence-electron chi connectivity index (χ0n) is 13.6. The smallest absolute Gasteiger partial charge is 0.356 e. The van der Waals surface area contributed by atoms with Crippen molar-refractivity contribution in [3.05, 3.63) is 0 Å². The number of aliphatic imine (C=N–C) groups is 1. The van der Waals surface area contributed by atoms with Crippen molar-refractivity contribution in [2.75, 3.05) is 51.8 Å². The lowest BCUT2D eigenvalue weighted by Gasteiger charge is -2.39. The molecule has 1 saturated heterocycles. The topological polar surface area (TPSA) is 30.9 Å². The quantitative estimate of drug-likeness (QED) is 0.457. The van der Waals surface area contributed by atoms with Crippen LogP contribution in [0.25, 0.3) is 0 Å². The lowest BCUT2D eigenvalue weighted by atomic mass is 10.2. The molecule has 1 N–H and O–H groups in total. The number of thioether (sulfide) groups is 1. The fraction of sp³-hybridized carbons (Fsp3) is 0.929. The fourth-order valence-electron chi connectivity index (χ4n) is 2.43. The molecule has 1 fully saturated rings. The van der Waals surface area contributed by atoms with Crippen LogP contribution >= 0.6 is 11.8 Å². The number of nitrogens with zero attached hydrogens (tertiary/aromatic N) is 3. The van der Waals surface area contributed by atoms with Gasteiger partial charge in [-0.3, -0.25) is 9.89 Å². The molecular weight excluding hydrogens is 313 g/mol. The van der Waals surface area contributed by atoms with Crippen molar-refractivity contribution in [3.63, 3.8) is 0 Å². The molecule has 0 bridgehead atoms. The maximum atomic E-state index is 12.7. The summed E-state index contributed by atoms with van der Waals surface area (Å²) >= 11 is 1.83. The molecule has 8 heteroatoms. The van der Waals surface area contributed by atoms with E-state index >= 15 is 0 Å². The van der Waals surface area contributed by atoms with E-state index in [0.29, 0.717) is 26.2 Å². The first-order chi connectivity index (χ1) is 10.4. The summed E-state index contributed by atoms with van der Waals surface area (Å²) < 4.78 is 38.2. The molecule has 0 aromatic carbocycles. The minimum Gasteiger partial charge on any atom is -0.356 e. The molecular formula is C14H27F3N4S. The third-order valence-corrected chi connectivity index (χ3v) is 4.60. The Hall–Kier alpha value is -0.630. The van der Waals surface area contributed by atoms with Gasteiger partial charge in [0.2, 0.25) is 0 Å².